The molecule has 0 atom stereocenters. The van der Waals surface area contributed by atoms with E-state index in [0.29, 0.717) is 12.0 Å². The van der Waals surface area contributed by atoms with Crippen LogP contribution in [-0.4, -0.2) is 73.9 Å². The molecule has 4 heteroatoms. The molecule has 1 saturated carbocycles. The van der Waals surface area contributed by atoms with Crippen LogP contribution in [0.25, 0.3) is 0 Å². The first-order valence-electron chi connectivity index (χ1n) is 8.94. The first-order valence-corrected chi connectivity index (χ1v) is 8.94. The summed E-state index contributed by atoms with van der Waals surface area (Å²) in [5, 5.41) is 12.7. The molecule has 0 aromatic rings. The van der Waals surface area contributed by atoms with E-state index in [1.165, 1.54) is 51.9 Å². The minimum atomic E-state index is 0.294. The number of hydrogen-bond donors (Lipinski definition) is 2. The number of aliphatic hydroxyl groups is 1. The van der Waals surface area contributed by atoms with Crippen LogP contribution in [0.2, 0.25) is 0 Å². The minimum Gasteiger partial charge on any atom is -0.395 e. The number of rotatable bonds is 7. The third kappa shape index (κ3) is 5.20. The summed E-state index contributed by atoms with van der Waals surface area (Å²) in [6.45, 7) is 13.9. The molecule has 0 radical (unpaired) electrons. The largest absolute Gasteiger partial charge is 0.395 e. The Morgan fingerprint density at radius 1 is 1.10 bits per heavy atom. The van der Waals surface area contributed by atoms with Crippen molar-refractivity contribution in [1.82, 2.24) is 15.1 Å². The van der Waals surface area contributed by atoms with Crippen LogP contribution in [0.4, 0.5) is 0 Å². The summed E-state index contributed by atoms with van der Waals surface area (Å²) in [6.07, 6.45) is 5.57. The topological polar surface area (TPSA) is 38.7 Å². The van der Waals surface area contributed by atoms with Crippen molar-refractivity contribution in [2.24, 2.45) is 11.3 Å². The number of nitrogens with zero attached hydrogens (tertiary/aromatic N) is 2. The van der Waals surface area contributed by atoms with Crippen LogP contribution < -0.4 is 5.32 Å². The molecule has 0 aromatic carbocycles. The normalized spacial score (nSPS) is 32.4. The van der Waals surface area contributed by atoms with E-state index in [-0.39, 0.29) is 0 Å². The second-order valence-electron chi connectivity index (χ2n) is 7.30. The Morgan fingerprint density at radius 3 is 2.29 bits per heavy atom. The van der Waals surface area contributed by atoms with E-state index < -0.39 is 0 Å². The van der Waals surface area contributed by atoms with Crippen LogP contribution in [0.3, 0.4) is 0 Å². The molecule has 0 amide bonds. The molecular weight excluding hydrogens is 262 g/mol. The Labute approximate surface area is 130 Å². The average molecular weight is 297 g/mol. The summed E-state index contributed by atoms with van der Waals surface area (Å²) in [5.41, 5.74) is 0.502. The summed E-state index contributed by atoms with van der Waals surface area (Å²) in [6, 6.07) is 0. The molecule has 0 bridgehead atoms. The minimum absolute atomic E-state index is 0.294. The summed E-state index contributed by atoms with van der Waals surface area (Å²) in [5.74, 6) is 0.918. The highest BCUT2D eigenvalue weighted by Gasteiger charge is 2.36. The predicted molar refractivity (Wildman–Crippen MR) is 88.6 cm³/mol. The van der Waals surface area contributed by atoms with E-state index in [9.17, 15) is 0 Å². The van der Waals surface area contributed by atoms with Gasteiger partial charge in [-0.05, 0) is 30.7 Å². The first-order chi connectivity index (χ1) is 10.2. The van der Waals surface area contributed by atoms with Crippen molar-refractivity contribution < 1.29 is 5.11 Å². The lowest BCUT2D eigenvalue weighted by molar-refractivity contribution is 0.0490. The van der Waals surface area contributed by atoms with Crippen molar-refractivity contribution in [3.63, 3.8) is 0 Å². The molecular formula is C17H35N3O. The molecule has 0 unspecified atom stereocenters. The molecule has 21 heavy (non-hydrogen) atoms. The SMILES string of the molecule is CCNCC1(CN2CCN(CCO)CC2)CCC(C)CC1. The Hall–Kier alpha value is -0.160. The first kappa shape index (κ1) is 17.2. The van der Waals surface area contributed by atoms with Crippen LogP contribution >= 0.6 is 0 Å². The lowest BCUT2D eigenvalue weighted by atomic mass is 9.70. The molecule has 1 heterocycles. The Balaban J connectivity index is 1.84. The van der Waals surface area contributed by atoms with Gasteiger partial charge < -0.3 is 15.3 Å². The van der Waals surface area contributed by atoms with Gasteiger partial charge in [-0.1, -0.05) is 26.7 Å². The van der Waals surface area contributed by atoms with Crippen molar-refractivity contribution >= 4 is 0 Å². The van der Waals surface area contributed by atoms with Gasteiger partial charge in [0.1, 0.15) is 0 Å². The van der Waals surface area contributed by atoms with Gasteiger partial charge in [-0.2, -0.15) is 0 Å². The van der Waals surface area contributed by atoms with E-state index in [0.717, 1.165) is 32.1 Å². The molecule has 0 spiro atoms. The molecule has 124 valence electrons. The van der Waals surface area contributed by atoms with E-state index in [1.807, 2.05) is 0 Å². The fourth-order valence-electron chi connectivity index (χ4n) is 3.94. The Bertz CT molecular complexity index is 276. The highest BCUT2D eigenvalue weighted by atomic mass is 16.3. The average Bonchev–Trinajstić information content (AvgIpc) is 2.51. The van der Waals surface area contributed by atoms with Crippen molar-refractivity contribution in [3.8, 4) is 0 Å². The molecule has 2 aliphatic rings. The van der Waals surface area contributed by atoms with Gasteiger partial charge in [0.15, 0.2) is 0 Å². The van der Waals surface area contributed by atoms with Crippen LogP contribution in [0.15, 0.2) is 0 Å². The zero-order chi connectivity index (χ0) is 15.1. The van der Waals surface area contributed by atoms with Crippen molar-refractivity contribution in [3.05, 3.63) is 0 Å². The van der Waals surface area contributed by atoms with Gasteiger partial charge in [0.2, 0.25) is 0 Å². The maximum atomic E-state index is 9.04. The third-order valence-electron chi connectivity index (χ3n) is 5.53. The lowest BCUT2D eigenvalue weighted by Gasteiger charge is -2.45. The molecule has 0 aromatic heterocycles. The van der Waals surface area contributed by atoms with Gasteiger partial charge in [-0.15, -0.1) is 0 Å². The molecule has 2 fully saturated rings. The van der Waals surface area contributed by atoms with Crippen molar-refractivity contribution in [1.29, 1.82) is 0 Å². The van der Waals surface area contributed by atoms with E-state index in [1.54, 1.807) is 0 Å². The van der Waals surface area contributed by atoms with E-state index in [4.69, 9.17) is 5.11 Å². The highest BCUT2D eigenvalue weighted by molar-refractivity contribution is 4.90. The second kappa shape index (κ2) is 8.47. The maximum Gasteiger partial charge on any atom is 0.0558 e. The zero-order valence-corrected chi connectivity index (χ0v) is 14.1. The van der Waals surface area contributed by atoms with Crippen LogP contribution in [0, 0.1) is 11.3 Å². The second-order valence-corrected chi connectivity index (χ2v) is 7.30. The Morgan fingerprint density at radius 2 is 1.71 bits per heavy atom. The third-order valence-corrected chi connectivity index (χ3v) is 5.53. The summed E-state index contributed by atoms with van der Waals surface area (Å²) >= 11 is 0. The van der Waals surface area contributed by atoms with Gasteiger partial charge in [-0.25, -0.2) is 0 Å². The van der Waals surface area contributed by atoms with Crippen LogP contribution in [0.1, 0.15) is 39.5 Å². The number of nitrogens with one attached hydrogen (secondary N) is 1. The summed E-state index contributed by atoms with van der Waals surface area (Å²) in [4.78, 5) is 5.05. The van der Waals surface area contributed by atoms with Gasteiger partial charge in [0.05, 0.1) is 6.61 Å². The highest BCUT2D eigenvalue weighted by Crippen LogP contribution is 2.39. The molecule has 1 aliphatic carbocycles. The molecule has 1 saturated heterocycles. The number of piperazine rings is 1. The molecule has 2 rings (SSSR count). The fraction of sp³-hybridized carbons (Fsp3) is 1.00. The summed E-state index contributed by atoms with van der Waals surface area (Å²) < 4.78 is 0. The quantitative estimate of drug-likeness (QED) is 0.745. The smallest absolute Gasteiger partial charge is 0.0558 e. The lowest BCUT2D eigenvalue weighted by Crippen LogP contribution is -2.53. The zero-order valence-electron chi connectivity index (χ0n) is 14.1. The molecule has 4 nitrogen and oxygen atoms in total. The number of aliphatic hydroxyl groups excluding tert-OH is 1. The van der Waals surface area contributed by atoms with Crippen molar-refractivity contribution in [2.45, 2.75) is 39.5 Å². The fourth-order valence-corrected chi connectivity index (χ4v) is 3.94. The van der Waals surface area contributed by atoms with E-state index in [2.05, 4.69) is 29.0 Å². The monoisotopic (exact) mass is 297 g/mol. The van der Waals surface area contributed by atoms with Gasteiger partial charge in [-0.3, -0.25) is 4.90 Å². The van der Waals surface area contributed by atoms with E-state index >= 15 is 0 Å². The van der Waals surface area contributed by atoms with Crippen LogP contribution in [0.5, 0.6) is 0 Å². The number of hydrogen-bond acceptors (Lipinski definition) is 4. The molecule has 1 aliphatic heterocycles. The number of β-amino-alcohol motifs (C(OH)–C–C–N with tert-alkyl or cyclic N) is 1. The standard InChI is InChI=1S/C17H35N3O/c1-3-18-14-17(6-4-16(2)5-7-17)15-20-10-8-19(9-11-20)12-13-21/h16,18,21H,3-15H2,1-2H3. The molecule has 2 N–H and O–H groups in total. The summed E-state index contributed by atoms with van der Waals surface area (Å²) in [7, 11) is 0. The van der Waals surface area contributed by atoms with Crippen molar-refractivity contribution in [2.75, 3.05) is 59.0 Å². The van der Waals surface area contributed by atoms with Gasteiger partial charge >= 0.3 is 0 Å². The van der Waals surface area contributed by atoms with Gasteiger partial charge in [0.25, 0.3) is 0 Å². The van der Waals surface area contributed by atoms with Crippen LogP contribution in [-0.2, 0) is 0 Å². The predicted octanol–water partition coefficient (Wildman–Crippen LogP) is 1.40. The Kier molecular flexibility index (Phi) is 6.93. The maximum absolute atomic E-state index is 9.04. The van der Waals surface area contributed by atoms with Gasteiger partial charge in [0, 0.05) is 45.8 Å².